The molecule has 0 spiro atoms. The summed E-state index contributed by atoms with van der Waals surface area (Å²) < 4.78 is 21.9. The van der Waals surface area contributed by atoms with E-state index < -0.39 is 5.82 Å². The third-order valence-electron chi connectivity index (χ3n) is 5.55. The van der Waals surface area contributed by atoms with Gasteiger partial charge >= 0.3 is 6.03 Å². The third-order valence-corrected chi connectivity index (χ3v) is 6.56. The number of carbonyl (C=O) groups excluding carboxylic acids is 1. The summed E-state index contributed by atoms with van der Waals surface area (Å²) in [4.78, 5) is 24.3. The quantitative estimate of drug-likeness (QED) is 0.602. The zero-order valence-corrected chi connectivity index (χ0v) is 18.7. The molecule has 1 saturated heterocycles. The molecule has 3 aromatic heterocycles. The largest absolute Gasteiger partial charge is 0.483 e. The van der Waals surface area contributed by atoms with Gasteiger partial charge in [-0.1, -0.05) is 0 Å². The Hall–Kier alpha value is -3.34. The molecule has 2 aliphatic rings. The van der Waals surface area contributed by atoms with Gasteiger partial charge in [0, 0.05) is 36.8 Å². The van der Waals surface area contributed by atoms with Gasteiger partial charge in [0.25, 0.3) is 0 Å². The second kappa shape index (κ2) is 7.97. The molecule has 1 unspecified atom stereocenters. The fraction of sp³-hybridized carbons (Fsp3) is 0.381. The van der Waals surface area contributed by atoms with Crippen molar-refractivity contribution in [2.75, 3.05) is 13.1 Å². The van der Waals surface area contributed by atoms with Crippen LogP contribution in [0.4, 0.5) is 9.18 Å². The van der Waals surface area contributed by atoms with E-state index in [0.29, 0.717) is 25.2 Å². The average molecular weight is 456 g/mol. The highest BCUT2D eigenvalue weighted by Gasteiger charge is 2.40. The highest BCUT2D eigenvalue weighted by molar-refractivity contribution is 7.11. The van der Waals surface area contributed by atoms with Crippen molar-refractivity contribution in [3.63, 3.8) is 0 Å². The average Bonchev–Trinajstić information content (AvgIpc) is 3.46. The zero-order chi connectivity index (χ0) is 22.4. The van der Waals surface area contributed by atoms with Gasteiger partial charge in [-0.15, -0.1) is 11.3 Å². The minimum Gasteiger partial charge on any atom is -0.483 e. The summed E-state index contributed by atoms with van der Waals surface area (Å²) in [7, 11) is 1.81. The predicted molar refractivity (Wildman–Crippen MR) is 117 cm³/mol. The van der Waals surface area contributed by atoms with Crippen molar-refractivity contribution in [3.8, 4) is 17.1 Å². The Balaban J connectivity index is 1.24. The van der Waals surface area contributed by atoms with Gasteiger partial charge in [-0.05, 0) is 19.4 Å². The number of ether oxygens (including phenoxy) is 1. The lowest BCUT2D eigenvalue weighted by molar-refractivity contribution is 0.0257. The van der Waals surface area contributed by atoms with E-state index in [2.05, 4.69) is 20.2 Å². The molecule has 1 fully saturated rings. The van der Waals surface area contributed by atoms with E-state index in [-0.39, 0.29) is 23.9 Å². The summed E-state index contributed by atoms with van der Waals surface area (Å²) in [6, 6.07) is 1.21. The maximum Gasteiger partial charge on any atom is 0.341 e. The van der Waals surface area contributed by atoms with Gasteiger partial charge in [0.1, 0.15) is 17.2 Å². The molecule has 3 aromatic rings. The summed E-state index contributed by atoms with van der Waals surface area (Å²) >= 11 is 1.57. The van der Waals surface area contributed by atoms with Crippen LogP contribution >= 0.6 is 11.3 Å². The summed E-state index contributed by atoms with van der Waals surface area (Å²) in [6.07, 6.45) is 6.77. The second-order valence-corrected chi connectivity index (χ2v) is 9.20. The molecule has 2 aliphatic heterocycles. The van der Waals surface area contributed by atoms with Crippen LogP contribution in [0.5, 0.6) is 5.75 Å². The van der Waals surface area contributed by atoms with Crippen LogP contribution in [-0.2, 0) is 7.05 Å². The van der Waals surface area contributed by atoms with E-state index in [9.17, 15) is 9.18 Å². The Kier molecular flexibility index (Phi) is 5.12. The summed E-state index contributed by atoms with van der Waals surface area (Å²) in [5.41, 5.74) is 2.32. The molecule has 5 rings (SSSR count). The van der Waals surface area contributed by atoms with Crippen LogP contribution in [0.1, 0.15) is 27.9 Å². The van der Waals surface area contributed by atoms with E-state index in [1.54, 1.807) is 45.6 Å². The molecule has 11 heteroatoms. The van der Waals surface area contributed by atoms with Crippen molar-refractivity contribution in [2.24, 2.45) is 12.1 Å². The fourth-order valence-corrected chi connectivity index (χ4v) is 4.75. The number of likely N-dealkylation sites (tertiary alicyclic amines) is 1. The molecular weight excluding hydrogens is 433 g/mol. The molecule has 0 aliphatic carbocycles. The predicted octanol–water partition coefficient (Wildman–Crippen LogP) is 3.31. The highest BCUT2D eigenvalue weighted by atomic mass is 32.1. The molecule has 32 heavy (non-hydrogen) atoms. The lowest BCUT2D eigenvalue weighted by Crippen LogP contribution is -2.58. The normalized spacial score (nSPS) is 18.3. The van der Waals surface area contributed by atoms with Crippen molar-refractivity contribution >= 4 is 23.6 Å². The molecule has 1 atom stereocenters. The number of rotatable bonds is 4. The van der Waals surface area contributed by atoms with Crippen molar-refractivity contribution in [3.05, 3.63) is 45.9 Å². The number of hydrogen-bond donors (Lipinski definition) is 0. The van der Waals surface area contributed by atoms with Crippen LogP contribution < -0.4 is 4.74 Å². The van der Waals surface area contributed by atoms with Gasteiger partial charge in [0.2, 0.25) is 0 Å². The third kappa shape index (κ3) is 3.62. The maximum atomic E-state index is 14.4. The first-order chi connectivity index (χ1) is 15.4. The molecule has 2 amide bonds. The van der Waals surface area contributed by atoms with Crippen LogP contribution in [0.25, 0.3) is 11.4 Å². The van der Waals surface area contributed by atoms with Gasteiger partial charge in [0.05, 0.1) is 36.9 Å². The maximum absolute atomic E-state index is 14.4. The zero-order valence-electron chi connectivity index (χ0n) is 17.9. The minimum absolute atomic E-state index is 0.114. The Morgan fingerprint density at radius 3 is 2.72 bits per heavy atom. The van der Waals surface area contributed by atoms with Gasteiger partial charge in [0.15, 0.2) is 11.6 Å². The van der Waals surface area contributed by atoms with Crippen molar-refractivity contribution in [2.45, 2.75) is 32.4 Å². The molecule has 0 radical (unpaired) electrons. The number of nitrogens with zero attached hydrogens (tertiary/aromatic N) is 7. The van der Waals surface area contributed by atoms with E-state index in [4.69, 9.17) is 4.74 Å². The number of thiazole rings is 1. The molecular formula is C21H22FN7O2S. The van der Waals surface area contributed by atoms with E-state index in [1.165, 1.54) is 5.01 Å². The van der Waals surface area contributed by atoms with Gasteiger partial charge in [-0.25, -0.2) is 19.2 Å². The lowest BCUT2D eigenvalue weighted by Gasteiger charge is -2.40. The number of amides is 2. The van der Waals surface area contributed by atoms with Crippen LogP contribution in [-0.4, -0.2) is 61.1 Å². The number of urea groups is 1. The Bertz CT molecular complexity index is 1180. The molecule has 5 heterocycles. The van der Waals surface area contributed by atoms with Crippen molar-refractivity contribution < 1.29 is 13.9 Å². The molecule has 0 saturated carbocycles. The monoisotopic (exact) mass is 455 g/mol. The number of aryl methyl sites for hydroxylation is 3. The number of hydrazone groups is 1. The van der Waals surface area contributed by atoms with E-state index >= 15 is 0 Å². The molecule has 9 nitrogen and oxygen atoms in total. The molecule has 0 bridgehead atoms. The SMILES string of the molecule is Cc1cnc(C2CC=NN2C(=O)N2CC(Oc3cc(-c4c(C)cnn4C)ncc3F)C2)s1. The number of hydrogen-bond acceptors (Lipinski definition) is 7. The lowest BCUT2D eigenvalue weighted by atomic mass is 10.1. The first-order valence-corrected chi connectivity index (χ1v) is 11.1. The Morgan fingerprint density at radius 1 is 1.22 bits per heavy atom. The summed E-state index contributed by atoms with van der Waals surface area (Å²) in [5.74, 6) is -0.426. The smallest absolute Gasteiger partial charge is 0.341 e. The minimum atomic E-state index is -0.540. The van der Waals surface area contributed by atoms with Gasteiger partial charge in [-0.3, -0.25) is 9.67 Å². The Labute approximate surface area is 188 Å². The Morgan fingerprint density at radius 2 is 2.03 bits per heavy atom. The standard InChI is InChI=1S/C21H22FN7O2S/c1-12-7-26-27(3)19(12)16-6-18(15(22)9-23-16)31-14-10-28(11-14)21(30)29-17(4-5-25-29)20-24-8-13(2)32-20/h5-9,14,17H,4,10-11H2,1-3H3. The summed E-state index contributed by atoms with van der Waals surface area (Å²) in [5, 5.41) is 10.8. The van der Waals surface area contributed by atoms with Gasteiger partial charge < -0.3 is 9.64 Å². The number of aromatic nitrogens is 4. The van der Waals surface area contributed by atoms with E-state index in [1.807, 2.05) is 20.9 Å². The van der Waals surface area contributed by atoms with Gasteiger partial charge in [-0.2, -0.15) is 10.2 Å². The van der Waals surface area contributed by atoms with Crippen molar-refractivity contribution in [1.29, 1.82) is 0 Å². The fourth-order valence-electron chi connectivity index (χ4n) is 3.88. The molecule has 0 aromatic carbocycles. The molecule has 0 N–H and O–H groups in total. The molecule has 166 valence electrons. The number of pyridine rings is 1. The summed E-state index contributed by atoms with van der Waals surface area (Å²) in [6.45, 7) is 4.62. The number of carbonyl (C=O) groups is 1. The van der Waals surface area contributed by atoms with E-state index in [0.717, 1.165) is 27.3 Å². The highest BCUT2D eigenvalue weighted by Crippen LogP contribution is 2.33. The van der Waals surface area contributed by atoms with Crippen LogP contribution in [0.2, 0.25) is 0 Å². The first kappa shape index (κ1) is 20.6. The van der Waals surface area contributed by atoms with Crippen molar-refractivity contribution in [1.82, 2.24) is 29.7 Å². The van der Waals surface area contributed by atoms with Crippen LogP contribution in [0.15, 0.2) is 29.8 Å². The van der Waals surface area contributed by atoms with Crippen LogP contribution in [0.3, 0.4) is 0 Å². The topological polar surface area (TPSA) is 88.7 Å². The number of halogens is 1. The van der Waals surface area contributed by atoms with Crippen LogP contribution in [0, 0.1) is 19.7 Å². The second-order valence-electron chi connectivity index (χ2n) is 7.93. The first-order valence-electron chi connectivity index (χ1n) is 10.2.